The van der Waals surface area contributed by atoms with Gasteiger partial charge in [-0.15, -0.1) is 0 Å². The van der Waals surface area contributed by atoms with Crippen molar-refractivity contribution in [2.24, 2.45) is 0 Å². The molecule has 0 aliphatic carbocycles. The third-order valence-electron chi connectivity index (χ3n) is 3.91. The van der Waals surface area contributed by atoms with Crippen LogP contribution in [0.3, 0.4) is 0 Å². The lowest BCUT2D eigenvalue weighted by molar-refractivity contribution is 0.192. The van der Waals surface area contributed by atoms with Gasteiger partial charge in [0.05, 0.1) is 13.7 Å². The van der Waals surface area contributed by atoms with Gasteiger partial charge in [0.1, 0.15) is 12.4 Å². The zero-order valence-electron chi connectivity index (χ0n) is 13.7. The molecule has 4 nitrogen and oxygen atoms in total. The van der Waals surface area contributed by atoms with Crippen molar-refractivity contribution in [3.8, 4) is 11.5 Å². The molecule has 1 aliphatic heterocycles. The van der Waals surface area contributed by atoms with Crippen molar-refractivity contribution >= 4 is 0 Å². The number of dihydropyridines is 1. The smallest absolute Gasteiger partial charge is 0.161 e. The van der Waals surface area contributed by atoms with Gasteiger partial charge in [0.25, 0.3) is 0 Å². The molecule has 0 atom stereocenters. The van der Waals surface area contributed by atoms with Crippen LogP contribution in [0.4, 0.5) is 0 Å². The highest BCUT2D eigenvalue weighted by molar-refractivity contribution is 5.47. The van der Waals surface area contributed by atoms with Crippen molar-refractivity contribution in [1.29, 1.82) is 0 Å². The van der Waals surface area contributed by atoms with Crippen LogP contribution < -0.4 is 10.1 Å². The molecule has 0 radical (unpaired) electrons. The topological polar surface area (TPSA) is 50.7 Å². The lowest BCUT2D eigenvalue weighted by Crippen LogP contribution is -2.22. The minimum Gasteiger partial charge on any atom is -0.504 e. The first-order chi connectivity index (χ1) is 11.8. The second-order valence-electron chi connectivity index (χ2n) is 5.60. The van der Waals surface area contributed by atoms with Crippen molar-refractivity contribution in [1.82, 2.24) is 5.32 Å². The maximum absolute atomic E-state index is 10.2. The second kappa shape index (κ2) is 7.59. The summed E-state index contributed by atoms with van der Waals surface area (Å²) in [6.07, 6.45) is 4.58. The van der Waals surface area contributed by atoms with E-state index in [1.54, 1.807) is 13.2 Å². The van der Waals surface area contributed by atoms with Crippen LogP contribution in [-0.2, 0) is 17.8 Å². The molecule has 124 valence electrons. The first kappa shape index (κ1) is 16.0. The number of benzene rings is 2. The summed E-state index contributed by atoms with van der Waals surface area (Å²) in [6, 6.07) is 15.6. The van der Waals surface area contributed by atoms with Crippen molar-refractivity contribution in [3.63, 3.8) is 0 Å². The third-order valence-corrected chi connectivity index (χ3v) is 3.91. The fraction of sp³-hybridized carbons (Fsp3) is 0.200. The minimum absolute atomic E-state index is 0.192. The van der Waals surface area contributed by atoms with Gasteiger partial charge in [-0.2, -0.15) is 0 Å². The van der Waals surface area contributed by atoms with Crippen LogP contribution in [0.2, 0.25) is 0 Å². The first-order valence-electron chi connectivity index (χ1n) is 7.91. The number of aromatic hydroxyl groups is 1. The van der Waals surface area contributed by atoms with Gasteiger partial charge in [-0.1, -0.05) is 42.5 Å². The predicted octanol–water partition coefficient (Wildman–Crippen LogP) is 3.53. The molecule has 24 heavy (non-hydrogen) atoms. The van der Waals surface area contributed by atoms with Crippen molar-refractivity contribution < 1.29 is 14.6 Å². The van der Waals surface area contributed by atoms with Crippen LogP contribution in [-0.4, -0.2) is 18.8 Å². The molecule has 0 saturated carbocycles. The molecule has 0 amide bonds. The average molecular weight is 323 g/mol. The van der Waals surface area contributed by atoms with Crippen molar-refractivity contribution in [2.45, 2.75) is 13.0 Å². The van der Waals surface area contributed by atoms with Crippen LogP contribution in [0.5, 0.6) is 11.5 Å². The summed E-state index contributed by atoms with van der Waals surface area (Å²) in [4.78, 5) is 0. The Kier molecular flexibility index (Phi) is 5.06. The Bertz CT molecular complexity index is 751. The molecule has 2 aromatic carbocycles. The molecular weight excluding hydrogens is 302 g/mol. The van der Waals surface area contributed by atoms with E-state index in [0.717, 1.165) is 22.6 Å². The molecule has 0 bridgehead atoms. The molecule has 2 aromatic rings. The highest BCUT2D eigenvalue weighted by atomic mass is 16.5. The maximum Gasteiger partial charge on any atom is 0.161 e. The van der Waals surface area contributed by atoms with Crippen LogP contribution in [0, 0.1) is 0 Å². The van der Waals surface area contributed by atoms with E-state index in [1.165, 1.54) is 0 Å². The minimum atomic E-state index is 0.192. The Morgan fingerprint density at radius 1 is 1.04 bits per heavy atom. The average Bonchev–Trinajstić information content (AvgIpc) is 2.64. The van der Waals surface area contributed by atoms with Gasteiger partial charge < -0.3 is 19.9 Å². The molecule has 1 heterocycles. The largest absolute Gasteiger partial charge is 0.504 e. The quantitative estimate of drug-likeness (QED) is 0.854. The molecule has 2 N–H and O–H groups in total. The fourth-order valence-electron chi connectivity index (χ4n) is 2.56. The molecule has 4 heteroatoms. The van der Waals surface area contributed by atoms with Gasteiger partial charge in [-0.3, -0.25) is 0 Å². The number of hydrogen-bond acceptors (Lipinski definition) is 4. The number of nitrogens with one attached hydrogen (secondary N) is 1. The van der Waals surface area contributed by atoms with Crippen LogP contribution in [0.15, 0.2) is 72.1 Å². The summed E-state index contributed by atoms with van der Waals surface area (Å²) in [6.45, 7) is 1.21. The van der Waals surface area contributed by atoms with Gasteiger partial charge >= 0.3 is 0 Å². The van der Waals surface area contributed by atoms with Gasteiger partial charge in [0.2, 0.25) is 0 Å². The Morgan fingerprint density at radius 2 is 1.88 bits per heavy atom. The number of rotatable bonds is 6. The van der Waals surface area contributed by atoms with Crippen LogP contribution >= 0.6 is 0 Å². The van der Waals surface area contributed by atoms with Gasteiger partial charge in [0, 0.05) is 17.7 Å². The number of ether oxygens (including phenoxy) is 2. The van der Waals surface area contributed by atoms with Crippen LogP contribution in [0.1, 0.15) is 11.1 Å². The van der Waals surface area contributed by atoms with Gasteiger partial charge in [-0.05, 0) is 23.8 Å². The zero-order valence-corrected chi connectivity index (χ0v) is 13.7. The summed E-state index contributed by atoms with van der Waals surface area (Å²) in [5, 5.41) is 13.5. The van der Waals surface area contributed by atoms with Crippen molar-refractivity contribution in [3.05, 3.63) is 83.3 Å². The van der Waals surface area contributed by atoms with Gasteiger partial charge in [0.15, 0.2) is 11.5 Å². The molecule has 0 aromatic heterocycles. The highest BCUT2D eigenvalue weighted by Gasteiger charge is 2.12. The summed E-state index contributed by atoms with van der Waals surface area (Å²) < 4.78 is 11.0. The van der Waals surface area contributed by atoms with E-state index in [1.807, 2.05) is 54.6 Å². The maximum atomic E-state index is 10.2. The third kappa shape index (κ3) is 3.90. The molecule has 0 fully saturated rings. The summed E-state index contributed by atoms with van der Waals surface area (Å²) in [7, 11) is 1.55. The Labute approximate surface area is 142 Å². The van der Waals surface area contributed by atoms with E-state index in [-0.39, 0.29) is 5.75 Å². The number of para-hydroxylation sites is 1. The molecule has 0 spiro atoms. The lowest BCUT2D eigenvalue weighted by atomic mass is 10.1. The Hall–Kier alpha value is -2.88. The number of allylic oxidation sites excluding steroid dienone is 3. The normalized spacial score (nSPS) is 13.5. The number of phenolic OH excluding ortho intramolecular Hbond substituents is 1. The molecule has 0 unspecified atom stereocenters. The molecule has 1 aliphatic rings. The second-order valence-corrected chi connectivity index (χ2v) is 5.60. The Morgan fingerprint density at radius 3 is 2.58 bits per heavy atom. The molecular formula is C20H21NO3. The fourth-order valence-corrected chi connectivity index (χ4v) is 2.56. The molecule has 0 saturated heterocycles. The number of hydrogen-bond donors (Lipinski definition) is 2. The first-order valence-corrected chi connectivity index (χ1v) is 7.91. The van der Waals surface area contributed by atoms with E-state index in [2.05, 4.69) is 5.32 Å². The standard InChI is InChI=1S/C20H21NO3/c1-23-19-9-5-8-16(20(19)22)12-17-10-11-18(13-21-17)24-14-15-6-3-2-4-7-15/h2-11,21-22H,12-14H2,1H3. The summed E-state index contributed by atoms with van der Waals surface area (Å²) in [5.74, 6) is 1.58. The Balaban J connectivity index is 1.61. The molecule has 3 rings (SSSR count). The lowest BCUT2D eigenvalue weighted by Gasteiger charge is -2.19. The highest BCUT2D eigenvalue weighted by Crippen LogP contribution is 2.30. The van der Waals surface area contributed by atoms with E-state index < -0.39 is 0 Å². The van der Waals surface area contributed by atoms with Crippen molar-refractivity contribution in [2.75, 3.05) is 13.7 Å². The van der Waals surface area contributed by atoms with Gasteiger partial charge in [-0.25, -0.2) is 0 Å². The van der Waals surface area contributed by atoms with E-state index in [9.17, 15) is 5.11 Å². The SMILES string of the molecule is COc1cccc(CC2=CC=C(OCc3ccccc3)CN2)c1O. The van der Waals surface area contributed by atoms with E-state index in [4.69, 9.17) is 9.47 Å². The number of phenols is 1. The predicted molar refractivity (Wildman–Crippen MR) is 93.8 cm³/mol. The summed E-state index contributed by atoms with van der Waals surface area (Å²) in [5.41, 5.74) is 3.01. The summed E-state index contributed by atoms with van der Waals surface area (Å²) >= 11 is 0. The number of methoxy groups -OCH3 is 1. The van der Waals surface area contributed by atoms with E-state index in [0.29, 0.717) is 25.3 Å². The van der Waals surface area contributed by atoms with E-state index >= 15 is 0 Å². The monoisotopic (exact) mass is 323 g/mol. The van der Waals surface area contributed by atoms with Crippen LogP contribution in [0.25, 0.3) is 0 Å². The zero-order chi connectivity index (χ0) is 16.8.